The molecule has 1 heterocycles. The Morgan fingerprint density at radius 2 is 2.05 bits per heavy atom. The summed E-state index contributed by atoms with van der Waals surface area (Å²) in [4.78, 5) is 14.3. The molecule has 0 radical (unpaired) electrons. The number of rotatable bonds is 5. The Morgan fingerprint density at radius 3 is 2.64 bits per heavy atom. The fourth-order valence-electron chi connectivity index (χ4n) is 2.49. The first-order valence-electron chi connectivity index (χ1n) is 7.30. The fourth-order valence-corrected chi connectivity index (χ4v) is 3.67. The van der Waals surface area contributed by atoms with E-state index in [0.29, 0.717) is 18.7 Å². The quantitative estimate of drug-likeness (QED) is 0.859. The molecule has 1 saturated heterocycles. The summed E-state index contributed by atoms with van der Waals surface area (Å²) in [5.74, 6) is -0.173. The van der Waals surface area contributed by atoms with Crippen LogP contribution in [0.2, 0.25) is 0 Å². The van der Waals surface area contributed by atoms with Crippen molar-refractivity contribution in [2.45, 2.75) is 23.8 Å². The zero-order chi connectivity index (χ0) is 16.2. The normalized spacial score (nSPS) is 19.2. The summed E-state index contributed by atoms with van der Waals surface area (Å²) in [5.41, 5.74) is 6.37. The van der Waals surface area contributed by atoms with Gasteiger partial charge in [0.05, 0.1) is 17.3 Å². The Balaban J connectivity index is 2.10. The van der Waals surface area contributed by atoms with E-state index in [1.807, 2.05) is 0 Å². The average molecular weight is 326 g/mol. The Kier molecular flexibility index (Phi) is 5.55. The highest BCUT2D eigenvalue weighted by Crippen LogP contribution is 2.16. The van der Waals surface area contributed by atoms with E-state index in [9.17, 15) is 13.2 Å². The van der Waals surface area contributed by atoms with Crippen LogP contribution >= 0.6 is 0 Å². The van der Waals surface area contributed by atoms with E-state index >= 15 is 0 Å². The molecular formula is C15H22N2O4S. The lowest BCUT2D eigenvalue weighted by molar-refractivity contribution is 0.0708. The number of hydrogen-bond donors (Lipinski definition) is 1. The van der Waals surface area contributed by atoms with E-state index in [4.69, 9.17) is 10.5 Å². The molecule has 0 unspecified atom stereocenters. The molecule has 1 aliphatic heterocycles. The second-order valence-electron chi connectivity index (χ2n) is 5.49. The maximum atomic E-state index is 12.4. The molecule has 6 nitrogen and oxygen atoms in total. The number of piperidine rings is 1. The highest BCUT2D eigenvalue weighted by atomic mass is 32.2. The van der Waals surface area contributed by atoms with Crippen LogP contribution in [0.5, 0.6) is 0 Å². The summed E-state index contributed by atoms with van der Waals surface area (Å²) in [6.07, 6.45) is 1.83. The van der Waals surface area contributed by atoms with E-state index < -0.39 is 9.84 Å². The van der Waals surface area contributed by atoms with E-state index in [1.54, 1.807) is 17.0 Å². The van der Waals surface area contributed by atoms with Gasteiger partial charge in [-0.15, -0.1) is 0 Å². The SMILES string of the molecule is COCCS(=O)(=O)c1ccc(C(=O)N2CCC[C@H](N)C2)cc1. The van der Waals surface area contributed by atoms with Crippen LogP contribution in [0.1, 0.15) is 23.2 Å². The Bertz CT molecular complexity index is 613. The molecule has 0 aromatic heterocycles. The summed E-state index contributed by atoms with van der Waals surface area (Å²) in [6.45, 7) is 1.39. The number of ether oxygens (including phenoxy) is 1. The maximum absolute atomic E-state index is 12.4. The van der Waals surface area contributed by atoms with Crippen molar-refractivity contribution in [2.24, 2.45) is 5.73 Å². The van der Waals surface area contributed by atoms with Crippen LogP contribution < -0.4 is 5.73 Å². The Morgan fingerprint density at radius 1 is 1.36 bits per heavy atom. The van der Waals surface area contributed by atoms with Crippen molar-refractivity contribution >= 4 is 15.7 Å². The molecule has 1 aromatic carbocycles. The topological polar surface area (TPSA) is 89.7 Å². The molecule has 1 amide bonds. The minimum Gasteiger partial charge on any atom is -0.384 e. The van der Waals surface area contributed by atoms with Gasteiger partial charge < -0.3 is 15.4 Å². The number of likely N-dealkylation sites (tertiary alicyclic amines) is 1. The molecule has 1 atom stereocenters. The number of carbonyl (C=O) groups is 1. The van der Waals surface area contributed by atoms with Crippen molar-refractivity contribution in [2.75, 3.05) is 32.6 Å². The number of methoxy groups -OCH3 is 1. The van der Waals surface area contributed by atoms with Crippen molar-refractivity contribution in [1.82, 2.24) is 4.90 Å². The van der Waals surface area contributed by atoms with Gasteiger partial charge in [-0.05, 0) is 37.1 Å². The fraction of sp³-hybridized carbons (Fsp3) is 0.533. The van der Waals surface area contributed by atoms with Gasteiger partial charge in [0, 0.05) is 31.8 Å². The molecule has 1 aromatic rings. The zero-order valence-electron chi connectivity index (χ0n) is 12.7. The average Bonchev–Trinajstić information content (AvgIpc) is 2.52. The lowest BCUT2D eigenvalue weighted by atomic mass is 10.1. The predicted octanol–water partition coefficient (Wildman–Crippen LogP) is 0.670. The molecule has 1 aliphatic rings. The molecule has 0 saturated carbocycles. The third-order valence-corrected chi connectivity index (χ3v) is 5.46. The number of amides is 1. The van der Waals surface area contributed by atoms with Gasteiger partial charge in [-0.25, -0.2) is 8.42 Å². The summed E-state index contributed by atoms with van der Waals surface area (Å²) >= 11 is 0. The molecule has 0 bridgehead atoms. The minimum atomic E-state index is -3.37. The van der Waals surface area contributed by atoms with Gasteiger partial charge in [-0.3, -0.25) is 4.79 Å². The van der Waals surface area contributed by atoms with Crippen LogP contribution in [0.25, 0.3) is 0 Å². The first kappa shape index (κ1) is 16.9. The highest BCUT2D eigenvalue weighted by molar-refractivity contribution is 7.91. The van der Waals surface area contributed by atoms with Crippen LogP contribution in [-0.2, 0) is 14.6 Å². The number of nitrogens with zero attached hydrogens (tertiary/aromatic N) is 1. The molecule has 2 N–H and O–H groups in total. The van der Waals surface area contributed by atoms with Gasteiger partial charge in [-0.1, -0.05) is 0 Å². The van der Waals surface area contributed by atoms with Crippen LogP contribution in [0.3, 0.4) is 0 Å². The van der Waals surface area contributed by atoms with E-state index in [2.05, 4.69) is 0 Å². The zero-order valence-corrected chi connectivity index (χ0v) is 13.5. The van der Waals surface area contributed by atoms with Gasteiger partial charge >= 0.3 is 0 Å². The molecule has 0 aliphatic carbocycles. The predicted molar refractivity (Wildman–Crippen MR) is 83.5 cm³/mol. The van der Waals surface area contributed by atoms with Crippen molar-refractivity contribution in [3.05, 3.63) is 29.8 Å². The smallest absolute Gasteiger partial charge is 0.253 e. The Labute approximate surface area is 131 Å². The van der Waals surface area contributed by atoms with E-state index in [1.165, 1.54) is 19.2 Å². The number of hydrogen-bond acceptors (Lipinski definition) is 5. The molecule has 22 heavy (non-hydrogen) atoms. The summed E-state index contributed by atoms with van der Waals surface area (Å²) in [5, 5.41) is 0. The standard InChI is InChI=1S/C15H22N2O4S/c1-21-9-10-22(19,20)14-6-4-12(5-7-14)15(18)17-8-2-3-13(16)11-17/h4-7,13H,2-3,8-11,16H2,1H3/t13-/m0/s1. The first-order chi connectivity index (χ1) is 10.4. The summed E-state index contributed by atoms with van der Waals surface area (Å²) in [7, 11) is -1.91. The van der Waals surface area contributed by atoms with Crippen molar-refractivity contribution in [1.29, 1.82) is 0 Å². The molecule has 7 heteroatoms. The van der Waals surface area contributed by atoms with Crippen molar-refractivity contribution in [3.63, 3.8) is 0 Å². The number of sulfone groups is 1. The maximum Gasteiger partial charge on any atom is 0.253 e. The number of benzene rings is 1. The Hall–Kier alpha value is -1.44. The second kappa shape index (κ2) is 7.21. The summed E-state index contributed by atoms with van der Waals surface area (Å²) < 4.78 is 28.8. The van der Waals surface area contributed by atoms with E-state index in [-0.39, 0.29) is 29.2 Å². The largest absolute Gasteiger partial charge is 0.384 e. The monoisotopic (exact) mass is 326 g/mol. The van der Waals surface area contributed by atoms with Gasteiger partial charge in [0.25, 0.3) is 5.91 Å². The van der Waals surface area contributed by atoms with Gasteiger partial charge in [-0.2, -0.15) is 0 Å². The van der Waals surface area contributed by atoms with E-state index in [0.717, 1.165) is 12.8 Å². The van der Waals surface area contributed by atoms with Gasteiger partial charge in [0.2, 0.25) is 0 Å². The molecule has 1 fully saturated rings. The van der Waals surface area contributed by atoms with Crippen LogP contribution in [0, 0.1) is 0 Å². The molecular weight excluding hydrogens is 304 g/mol. The van der Waals surface area contributed by atoms with Crippen molar-refractivity contribution < 1.29 is 17.9 Å². The number of nitrogens with two attached hydrogens (primary N) is 1. The first-order valence-corrected chi connectivity index (χ1v) is 8.96. The molecule has 2 rings (SSSR count). The number of carbonyl (C=O) groups excluding carboxylic acids is 1. The van der Waals surface area contributed by atoms with Gasteiger partial charge in [0.15, 0.2) is 9.84 Å². The van der Waals surface area contributed by atoms with Crippen LogP contribution in [-0.4, -0.2) is 57.8 Å². The third kappa shape index (κ3) is 4.06. The molecule has 0 spiro atoms. The minimum absolute atomic E-state index is 0.0198. The lowest BCUT2D eigenvalue weighted by Crippen LogP contribution is -2.45. The van der Waals surface area contributed by atoms with Gasteiger partial charge in [0.1, 0.15) is 0 Å². The molecule has 122 valence electrons. The van der Waals surface area contributed by atoms with Crippen LogP contribution in [0.4, 0.5) is 0 Å². The second-order valence-corrected chi connectivity index (χ2v) is 7.60. The van der Waals surface area contributed by atoms with Crippen molar-refractivity contribution in [3.8, 4) is 0 Å². The summed E-state index contributed by atoms with van der Waals surface area (Å²) in [6, 6.07) is 6.08. The van der Waals surface area contributed by atoms with Crippen LogP contribution in [0.15, 0.2) is 29.2 Å². The lowest BCUT2D eigenvalue weighted by Gasteiger charge is -2.30. The highest BCUT2D eigenvalue weighted by Gasteiger charge is 2.23. The third-order valence-electron chi connectivity index (χ3n) is 3.76.